The van der Waals surface area contributed by atoms with Gasteiger partial charge in [0.1, 0.15) is 5.54 Å². The molecule has 2 heterocycles. The molecule has 1 aliphatic heterocycles. The summed E-state index contributed by atoms with van der Waals surface area (Å²) < 4.78 is 2.19. The molecule has 6 nitrogen and oxygen atoms in total. The molecule has 1 aliphatic carbocycles. The normalized spacial score (nSPS) is 21.9. The number of carbonyl (C=O) groups excluding carboxylic acids is 3. The highest BCUT2D eigenvalue weighted by atomic mass is 16.2. The molecule has 0 spiro atoms. The third kappa shape index (κ3) is 2.75. The maximum absolute atomic E-state index is 13.2. The van der Waals surface area contributed by atoms with Gasteiger partial charge in [0.15, 0.2) is 5.78 Å². The predicted octanol–water partition coefficient (Wildman–Crippen LogP) is 3.48. The van der Waals surface area contributed by atoms with Crippen LogP contribution in [-0.2, 0) is 10.3 Å². The van der Waals surface area contributed by atoms with E-state index in [9.17, 15) is 14.4 Å². The predicted molar refractivity (Wildman–Crippen MR) is 105 cm³/mol. The molecule has 2 aromatic rings. The fourth-order valence-electron chi connectivity index (χ4n) is 4.31. The van der Waals surface area contributed by atoms with Crippen LogP contribution in [0.25, 0.3) is 0 Å². The Morgan fingerprint density at radius 3 is 2.46 bits per heavy atom. The topological polar surface area (TPSA) is 71.4 Å². The van der Waals surface area contributed by atoms with E-state index in [0.29, 0.717) is 18.0 Å². The van der Waals surface area contributed by atoms with Gasteiger partial charge >= 0.3 is 6.03 Å². The van der Waals surface area contributed by atoms with Crippen LogP contribution >= 0.6 is 0 Å². The molecule has 1 atom stereocenters. The Morgan fingerprint density at radius 2 is 1.86 bits per heavy atom. The lowest BCUT2D eigenvalue weighted by molar-refractivity contribution is -0.131. The van der Waals surface area contributed by atoms with Crippen molar-refractivity contribution in [2.75, 3.05) is 6.54 Å². The number of aromatic nitrogens is 1. The largest absolute Gasteiger partial charge is 0.345 e. The molecule has 0 radical (unpaired) electrons. The molecule has 1 aromatic heterocycles. The van der Waals surface area contributed by atoms with Crippen LogP contribution in [0.2, 0.25) is 0 Å². The van der Waals surface area contributed by atoms with Crippen LogP contribution in [0.4, 0.5) is 4.79 Å². The fraction of sp³-hybridized carbons (Fsp3) is 0.409. The van der Waals surface area contributed by atoms with Gasteiger partial charge in [-0.3, -0.25) is 14.5 Å². The van der Waals surface area contributed by atoms with E-state index in [0.717, 1.165) is 34.7 Å². The van der Waals surface area contributed by atoms with Crippen molar-refractivity contribution < 1.29 is 14.4 Å². The summed E-state index contributed by atoms with van der Waals surface area (Å²) >= 11 is 0. The van der Waals surface area contributed by atoms with Crippen molar-refractivity contribution in [2.45, 2.75) is 51.6 Å². The standard InChI is InChI=1S/C22H25N3O3/c1-4-22(16-8-6-5-7-9-16)20(27)24(21(28)23-22)13-19(26)18-12-14(2)25(15(18)3)17-10-11-17/h5-9,12,17H,4,10-11,13H2,1-3H3,(H,23,28). The molecule has 1 saturated heterocycles. The minimum Gasteiger partial charge on any atom is -0.345 e. The summed E-state index contributed by atoms with van der Waals surface area (Å²) in [4.78, 5) is 39.8. The average Bonchev–Trinajstić information content (AvgIpc) is 3.43. The van der Waals surface area contributed by atoms with Crippen LogP contribution in [-0.4, -0.2) is 33.7 Å². The quantitative estimate of drug-likeness (QED) is 0.617. The molecule has 6 heteroatoms. The number of Topliss-reactive ketones (excluding diaryl/α,β-unsaturated/α-hetero) is 1. The Kier molecular flexibility index (Phi) is 4.37. The van der Waals surface area contributed by atoms with Gasteiger partial charge in [-0.25, -0.2) is 4.79 Å². The fourth-order valence-corrected chi connectivity index (χ4v) is 4.31. The lowest BCUT2D eigenvalue weighted by Gasteiger charge is -2.25. The molecule has 28 heavy (non-hydrogen) atoms. The van der Waals surface area contributed by atoms with Gasteiger partial charge in [0.25, 0.3) is 5.91 Å². The molecule has 146 valence electrons. The van der Waals surface area contributed by atoms with E-state index in [1.807, 2.05) is 57.2 Å². The Balaban J connectivity index is 1.60. The number of nitrogens with one attached hydrogen (secondary N) is 1. The molecule has 1 N–H and O–H groups in total. The van der Waals surface area contributed by atoms with Crippen molar-refractivity contribution in [1.82, 2.24) is 14.8 Å². The number of amides is 3. The highest BCUT2D eigenvalue weighted by Crippen LogP contribution is 2.38. The van der Waals surface area contributed by atoms with E-state index in [-0.39, 0.29) is 18.2 Å². The first-order valence-corrected chi connectivity index (χ1v) is 9.80. The first-order chi connectivity index (χ1) is 13.4. The van der Waals surface area contributed by atoms with Crippen molar-refractivity contribution in [1.29, 1.82) is 0 Å². The second kappa shape index (κ2) is 6.62. The highest BCUT2D eigenvalue weighted by Gasteiger charge is 2.51. The van der Waals surface area contributed by atoms with Gasteiger partial charge in [0, 0.05) is 23.0 Å². The van der Waals surface area contributed by atoms with Gasteiger partial charge in [0.05, 0.1) is 6.54 Å². The van der Waals surface area contributed by atoms with Crippen LogP contribution in [0.5, 0.6) is 0 Å². The molecular formula is C22H25N3O3. The second-order valence-corrected chi connectivity index (χ2v) is 7.76. The van der Waals surface area contributed by atoms with Crippen molar-refractivity contribution in [3.05, 3.63) is 58.9 Å². The summed E-state index contributed by atoms with van der Waals surface area (Å²) in [5, 5.41) is 2.83. The summed E-state index contributed by atoms with van der Waals surface area (Å²) in [6.07, 6.45) is 2.68. The van der Waals surface area contributed by atoms with Gasteiger partial charge in [0.2, 0.25) is 0 Å². The van der Waals surface area contributed by atoms with Crippen LogP contribution in [0.3, 0.4) is 0 Å². The minimum atomic E-state index is -1.11. The number of ketones is 1. The lowest BCUT2D eigenvalue weighted by atomic mass is 9.87. The van der Waals surface area contributed by atoms with E-state index in [1.54, 1.807) is 0 Å². The Hall–Kier alpha value is -2.89. The van der Waals surface area contributed by atoms with E-state index < -0.39 is 11.6 Å². The molecule has 4 rings (SSSR count). The number of benzene rings is 1. The number of hydrogen-bond donors (Lipinski definition) is 1. The number of nitrogens with zero attached hydrogens (tertiary/aromatic N) is 2. The van der Waals surface area contributed by atoms with Gasteiger partial charge < -0.3 is 9.88 Å². The smallest absolute Gasteiger partial charge is 0.325 e. The first kappa shape index (κ1) is 18.5. The number of carbonyl (C=O) groups is 3. The third-order valence-corrected chi connectivity index (χ3v) is 5.97. The van der Waals surface area contributed by atoms with E-state index in [4.69, 9.17) is 0 Å². The van der Waals surface area contributed by atoms with E-state index in [1.165, 1.54) is 0 Å². The zero-order valence-electron chi connectivity index (χ0n) is 16.5. The number of hydrogen-bond acceptors (Lipinski definition) is 3. The van der Waals surface area contributed by atoms with Crippen molar-refractivity contribution in [3.63, 3.8) is 0 Å². The summed E-state index contributed by atoms with van der Waals surface area (Å²) in [7, 11) is 0. The van der Waals surface area contributed by atoms with Gasteiger partial charge in [-0.1, -0.05) is 37.3 Å². The highest BCUT2D eigenvalue weighted by molar-refractivity contribution is 6.11. The third-order valence-electron chi connectivity index (χ3n) is 5.97. The molecule has 2 fully saturated rings. The number of urea groups is 1. The zero-order chi connectivity index (χ0) is 20.1. The van der Waals surface area contributed by atoms with Crippen LogP contribution in [0.1, 0.15) is 59.5 Å². The molecule has 2 aliphatic rings. The van der Waals surface area contributed by atoms with Gasteiger partial charge in [-0.2, -0.15) is 0 Å². The minimum absolute atomic E-state index is 0.205. The maximum atomic E-state index is 13.2. The van der Waals surface area contributed by atoms with E-state index in [2.05, 4.69) is 9.88 Å². The number of imide groups is 1. The summed E-state index contributed by atoms with van der Waals surface area (Å²) in [6.45, 7) is 5.55. The molecule has 1 unspecified atom stereocenters. The second-order valence-electron chi connectivity index (χ2n) is 7.76. The van der Waals surface area contributed by atoms with Gasteiger partial charge in [-0.15, -0.1) is 0 Å². The SMILES string of the molecule is CCC1(c2ccccc2)NC(=O)N(CC(=O)c2cc(C)n(C3CC3)c2C)C1=O. The van der Waals surface area contributed by atoms with Gasteiger partial charge in [-0.05, 0) is 44.7 Å². The zero-order valence-corrected chi connectivity index (χ0v) is 16.5. The summed E-state index contributed by atoms with van der Waals surface area (Å²) in [6, 6.07) is 11.0. The maximum Gasteiger partial charge on any atom is 0.325 e. The Labute approximate surface area is 164 Å². The summed E-state index contributed by atoms with van der Waals surface area (Å²) in [5.74, 6) is -0.570. The number of aryl methyl sites for hydroxylation is 1. The average molecular weight is 379 g/mol. The molecule has 1 saturated carbocycles. The van der Waals surface area contributed by atoms with Crippen molar-refractivity contribution in [3.8, 4) is 0 Å². The Morgan fingerprint density at radius 1 is 1.18 bits per heavy atom. The molecular weight excluding hydrogens is 354 g/mol. The Bertz CT molecular complexity index is 959. The number of rotatable bonds is 6. The first-order valence-electron chi connectivity index (χ1n) is 9.80. The monoisotopic (exact) mass is 379 g/mol. The van der Waals surface area contributed by atoms with Crippen LogP contribution in [0.15, 0.2) is 36.4 Å². The lowest BCUT2D eigenvalue weighted by Crippen LogP contribution is -2.43. The van der Waals surface area contributed by atoms with E-state index >= 15 is 0 Å². The van der Waals surface area contributed by atoms with Crippen molar-refractivity contribution >= 4 is 17.7 Å². The molecule has 3 amide bonds. The van der Waals surface area contributed by atoms with Crippen molar-refractivity contribution in [2.24, 2.45) is 0 Å². The molecule has 1 aromatic carbocycles. The molecule has 0 bridgehead atoms. The van der Waals surface area contributed by atoms with Crippen LogP contribution in [0, 0.1) is 13.8 Å². The van der Waals surface area contributed by atoms with Crippen LogP contribution < -0.4 is 5.32 Å². The summed E-state index contributed by atoms with van der Waals surface area (Å²) in [5.41, 5.74) is 2.19.